The van der Waals surface area contributed by atoms with Gasteiger partial charge in [0.25, 0.3) is 0 Å². The molecule has 0 atom stereocenters. The first kappa shape index (κ1) is 13.7. The van der Waals surface area contributed by atoms with E-state index in [9.17, 15) is 0 Å². The van der Waals surface area contributed by atoms with Crippen LogP contribution in [0.5, 0.6) is 0 Å². The second-order valence-electron chi connectivity index (χ2n) is 2.11. The zero-order valence-corrected chi connectivity index (χ0v) is 8.38. The van der Waals surface area contributed by atoms with Crippen molar-refractivity contribution in [3.05, 3.63) is 36.5 Å². The first-order valence-electron chi connectivity index (χ1n) is 4.35. The van der Waals surface area contributed by atoms with Crippen molar-refractivity contribution in [1.29, 1.82) is 0 Å². The molecule has 0 aliphatic heterocycles. The molecule has 0 bridgehead atoms. The fraction of sp³-hybridized carbons (Fsp3) is 0.455. The van der Waals surface area contributed by atoms with Gasteiger partial charge in [0.1, 0.15) is 0 Å². The van der Waals surface area contributed by atoms with Crippen molar-refractivity contribution in [1.82, 2.24) is 0 Å². The van der Waals surface area contributed by atoms with Gasteiger partial charge in [0.2, 0.25) is 0 Å². The van der Waals surface area contributed by atoms with Crippen molar-refractivity contribution >= 4 is 0 Å². The highest BCUT2D eigenvalue weighted by atomic mass is 16.3. The van der Waals surface area contributed by atoms with E-state index >= 15 is 0 Å². The third-order valence-electron chi connectivity index (χ3n) is 1.12. The van der Waals surface area contributed by atoms with Gasteiger partial charge in [-0.1, -0.05) is 50.3 Å². The third-order valence-corrected chi connectivity index (χ3v) is 1.12. The van der Waals surface area contributed by atoms with Crippen LogP contribution in [-0.2, 0) is 0 Å². The Bertz CT molecular complexity index is 143. The fourth-order valence-corrected chi connectivity index (χ4v) is 0.509. The molecule has 0 fully saturated rings. The number of rotatable bonds is 4. The van der Waals surface area contributed by atoms with E-state index in [1.54, 1.807) is 6.08 Å². The highest BCUT2D eigenvalue weighted by molar-refractivity contribution is 5.05. The van der Waals surface area contributed by atoms with E-state index in [1.165, 1.54) is 0 Å². The third kappa shape index (κ3) is 11.9. The fourth-order valence-electron chi connectivity index (χ4n) is 0.509. The van der Waals surface area contributed by atoms with Crippen LogP contribution in [0.15, 0.2) is 36.5 Å². The molecule has 1 heteroatoms. The Morgan fingerprint density at radius 1 is 1.42 bits per heavy atom. The Kier molecular flexibility index (Phi) is 14.7. The van der Waals surface area contributed by atoms with Gasteiger partial charge in [-0.2, -0.15) is 0 Å². The number of hydrogen-bond donors (Lipinski definition) is 1. The van der Waals surface area contributed by atoms with E-state index in [1.807, 2.05) is 39.0 Å². The molecule has 0 radical (unpaired) electrons. The van der Waals surface area contributed by atoms with Crippen molar-refractivity contribution in [3.63, 3.8) is 0 Å². The van der Waals surface area contributed by atoms with Crippen LogP contribution < -0.4 is 0 Å². The Morgan fingerprint density at radius 3 is 2.42 bits per heavy atom. The molecule has 0 saturated heterocycles. The summed E-state index contributed by atoms with van der Waals surface area (Å²) in [6, 6.07) is 0. The van der Waals surface area contributed by atoms with Crippen LogP contribution >= 0.6 is 0 Å². The van der Waals surface area contributed by atoms with Crippen molar-refractivity contribution < 1.29 is 5.11 Å². The van der Waals surface area contributed by atoms with Crippen LogP contribution in [0.25, 0.3) is 0 Å². The second-order valence-corrected chi connectivity index (χ2v) is 2.11. The molecule has 0 aliphatic rings. The molecule has 0 spiro atoms. The molecule has 70 valence electrons. The number of aliphatic hydroxyl groups excluding tert-OH is 1. The number of hydrogen-bond acceptors (Lipinski definition) is 1. The molecule has 0 aromatic heterocycles. The Morgan fingerprint density at radius 2 is 2.00 bits per heavy atom. The number of allylic oxidation sites excluding steroid dienone is 4. The van der Waals surface area contributed by atoms with E-state index in [0.717, 1.165) is 12.0 Å². The number of aliphatic hydroxyl groups is 1. The van der Waals surface area contributed by atoms with Gasteiger partial charge in [-0.3, -0.25) is 0 Å². The maximum absolute atomic E-state index is 8.58. The SMILES string of the molecule is C=C/C=C\C/C=C(\C)CO.CC. The molecule has 0 aliphatic carbocycles. The average Bonchev–Trinajstić information content (AvgIpc) is 2.15. The summed E-state index contributed by atoms with van der Waals surface area (Å²) in [7, 11) is 0. The molecule has 0 aromatic rings. The van der Waals surface area contributed by atoms with Crippen LogP contribution in [0.3, 0.4) is 0 Å². The summed E-state index contributed by atoms with van der Waals surface area (Å²) in [5.41, 5.74) is 1.01. The summed E-state index contributed by atoms with van der Waals surface area (Å²) in [6.07, 6.45) is 8.48. The van der Waals surface area contributed by atoms with E-state index in [4.69, 9.17) is 5.11 Å². The summed E-state index contributed by atoms with van der Waals surface area (Å²) in [4.78, 5) is 0. The van der Waals surface area contributed by atoms with Gasteiger partial charge in [-0.15, -0.1) is 0 Å². The molecular formula is C11H20O. The predicted molar refractivity (Wildman–Crippen MR) is 56.1 cm³/mol. The highest BCUT2D eigenvalue weighted by Gasteiger charge is 1.80. The van der Waals surface area contributed by atoms with Gasteiger partial charge in [0.15, 0.2) is 0 Å². The second kappa shape index (κ2) is 12.8. The summed E-state index contributed by atoms with van der Waals surface area (Å²) in [6.45, 7) is 9.60. The molecule has 0 aromatic carbocycles. The van der Waals surface area contributed by atoms with E-state index in [2.05, 4.69) is 6.58 Å². The Labute approximate surface area is 76.1 Å². The quantitative estimate of drug-likeness (QED) is 0.505. The average molecular weight is 168 g/mol. The van der Waals surface area contributed by atoms with Crippen LogP contribution in [-0.4, -0.2) is 11.7 Å². The van der Waals surface area contributed by atoms with Crippen LogP contribution in [0.1, 0.15) is 27.2 Å². The molecular weight excluding hydrogens is 148 g/mol. The Hall–Kier alpha value is -0.820. The molecule has 0 heterocycles. The first-order chi connectivity index (χ1) is 5.81. The van der Waals surface area contributed by atoms with Gasteiger partial charge in [-0.05, 0) is 13.3 Å². The van der Waals surface area contributed by atoms with E-state index in [-0.39, 0.29) is 6.61 Å². The minimum atomic E-state index is 0.155. The normalized spacial score (nSPS) is 10.8. The minimum absolute atomic E-state index is 0.155. The summed E-state index contributed by atoms with van der Waals surface area (Å²) in [5, 5.41) is 8.58. The monoisotopic (exact) mass is 168 g/mol. The van der Waals surface area contributed by atoms with Crippen molar-refractivity contribution in [2.45, 2.75) is 27.2 Å². The molecule has 0 unspecified atom stereocenters. The lowest BCUT2D eigenvalue weighted by atomic mass is 10.2. The summed E-state index contributed by atoms with van der Waals surface area (Å²) < 4.78 is 0. The Balaban J connectivity index is 0. The van der Waals surface area contributed by atoms with Gasteiger partial charge < -0.3 is 5.11 Å². The molecule has 1 nitrogen and oxygen atoms in total. The minimum Gasteiger partial charge on any atom is -0.392 e. The topological polar surface area (TPSA) is 20.2 Å². The van der Waals surface area contributed by atoms with Gasteiger partial charge in [-0.25, -0.2) is 0 Å². The van der Waals surface area contributed by atoms with E-state index < -0.39 is 0 Å². The first-order valence-corrected chi connectivity index (χ1v) is 4.35. The summed E-state index contributed by atoms with van der Waals surface area (Å²) in [5.74, 6) is 0. The van der Waals surface area contributed by atoms with Crippen molar-refractivity contribution in [2.75, 3.05) is 6.61 Å². The molecule has 0 rings (SSSR count). The van der Waals surface area contributed by atoms with Crippen LogP contribution in [0.2, 0.25) is 0 Å². The van der Waals surface area contributed by atoms with Crippen molar-refractivity contribution in [2.24, 2.45) is 0 Å². The van der Waals surface area contributed by atoms with Crippen molar-refractivity contribution in [3.8, 4) is 0 Å². The highest BCUT2D eigenvalue weighted by Crippen LogP contribution is 1.94. The smallest absolute Gasteiger partial charge is 0.0639 e. The van der Waals surface area contributed by atoms with Crippen LogP contribution in [0.4, 0.5) is 0 Å². The van der Waals surface area contributed by atoms with Gasteiger partial charge >= 0.3 is 0 Å². The zero-order chi connectivity index (χ0) is 9.82. The largest absolute Gasteiger partial charge is 0.392 e. The maximum Gasteiger partial charge on any atom is 0.0639 e. The molecule has 0 amide bonds. The molecule has 12 heavy (non-hydrogen) atoms. The molecule has 0 saturated carbocycles. The predicted octanol–water partition coefficient (Wildman–Crippen LogP) is 3.08. The van der Waals surface area contributed by atoms with Crippen LogP contribution in [0, 0.1) is 0 Å². The standard InChI is InChI=1S/C9H14O.C2H6/c1-3-4-5-6-7-9(2)8-10;1-2/h3-5,7,10H,1,6,8H2,2H3;1-2H3/b5-4-,9-7+;. The summed E-state index contributed by atoms with van der Waals surface area (Å²) >= 11 is 0. The van der Waals surface area contributed by atoms with Gasteiger partial charge in [0, 0.05) is 0 Å². The lowest BCUT2D eigenvalue weighted by Gasteiger charge is -1.89. The lowest BCUT2D eigenvalue weighted by molar-refractivity contribution is 0.331. The maximum atomic E-state index is 8.58. The van der Waals surface area contributed by atoms with Gasteiger partial charge in [0.05, 0.1) is 6.61 Å². The lowest BCUT2D eigenvalue weighted by Crippen LogP contribution is -1.81. The molecule has 1 N–H and O–H groups in total. The van der Waals surface area contributed by atoms with E-state index in [0.29, 0.717) is 0 Å². The zero-order valence-electron chi connectivity index (χ0n) is 8.38.